The van der Waals surface area contributed by atoms with Crippen LogP contribution in [0.2, 0.25) is 0 Å². The van der Waals surface area contributed by atoms with E-state index in [-0.39, 0.29) is 0 Å². The van der Waals surface area contributed by atoms with Gasteiger partial charge >= 0.3 is 0 Å². The average Bonchev–Trinajstić information content (AvgIpc) is 2.63. The molecule has 1 fully saturated rings. The number of anilines is 1. The molecule has 0 amide bonds. The van der Waals surface area contributed by atoms with E-state index in [1.54, 1.807) is 7.11 Å². The van der Waals surface area contributed by atoms with Crippen molar-refractivity contribution in [3.63, 3.8) is 0 Å². The van der Waals surface area contributed by atoms with Crippen LogP contribution in [-0.2, 0) is 13.0 Å². The molecule has 2 N–H and O–H groups in total. The topological polar surface area (TPSA) is 51.4 Å². The zero-order valence-corrected chi connectivity index (χ0v) is 15.6. The monoisotopic (exact) mass is 339 g/mol. The summed E-state index contributed by atoms with van der Waals surface area (Å²) < 4.78 is 5.70. The highest BCUT2D eigenvalue weighted by atomic mass is 16.5. The quantitative estimate of drug-likeness (QED) is 0.883. The molecule has 1 aromatic carbocycles. The van der Waals surface area contributed by atoms with Crippen molar-refractivity contribution in [1.82, 2.24) is 9.88 Å². The zero-order valence-electron chi connectivity index (χ0n) is 15.6. The Morgan fingerprint density at radius 2 is 2.08 bits per heavy atom. The molecule has 1 unspecified atom stereocenters. The molecule has 3 rings (SSSR count). The number of likely N-dealkylation sites (tertiary alicyclic amines) is 1. The van der Waals surface area contributed by atoms with E-state index in [1.807, 2.05) is 18.2 Å². The first-order chi connectivity index (χ1) is 12.1. The van der Waals surface area contributed by atoms with Gasteiger partial charge in [0.05, 0.1) is 12.8 Å². The summed E-state index contributed by atoms with van der Waals surface area (Å²) in [4.78, 5) is 7.07. The van der Waals surface area contributed by atoms with Crippen LogP contribution in [0.4, 0.5) is 5.82 Å². The van der Waals surface area contributed by atoms with Crippen LogP contribution in [0.25, 0.3) is 11.3 Å². The molecule has 0 aliphatic carbocycles. The van der Waals surface area contributed by atoms with Crippen LogP contribution >= 0.6 is 0 Å². The lowest BCUT2D eigenvalue weighted by Gasteiger charge is -2.34. The lowest BCUT2D eigenvalue weighted by Crippen LogP contribution is -2.37. The van der Waals surface area contributed by atoms with Crippen molar-refractivity contribution >= 4 is 5.82 Å². The van der Waals surface area contributed by atoms with Crippen molar-refractivity contribution in [1.29, 1.82) is 0 Å². The van der Waals surface area contributed by atoms with Crippen molar-refractivity contribution in [2.24, 2.45) is 0 Å². The molecular weight excluding hydrogens is 310 g/mol. The molecule has 4 heteroatoms. The SMILES string of the molecule is CCc1cc(-c2cccc(N)n2)c(OC)cc1CN1CCCCC1C. The van der Waals surface area contributed by atoms with Gasteiger partial charge in [0.2, 0.25) is 0 Å². The molecule has 0 bridgehead atoms. The van der Waals surface area contributed by atoms with Crippen LogP contribution in [0.5, 0.6) is 5.75 Å². The third-order valence-electron chi connectivity index (χ3n) is 5.26. The van der Waals surface area contributed by atoms with Gasteiger partial charge in [-0.25, -0.2) is 4.98 Å². The maximum absolute atomic E-state index is 5.87. The van der Waals surface area contributed by atoms with Gasteiger partial charge in [0.15, 0.2) is 0 Å². The zero-order chi connectivity index (χ0) is 17.8. The highest BCUT2D eigenvalue weighted by Gasteiger charge is 2.20. The Hall–Kier alpha value is -2.07. The van der Waals surface area contributed by atoms with Crippen molar-refractivity contribution in [2.45, 2.75) is 52.1 Å². The number of pyridine rings is 1. The third-order valence-corrected chi connectivity index (χ3v) is 5.26. The largest absolute Gasteiger partial charge is 0.496 e. The van der Waals surface area contributed by atoms with Gasteiger partial charge in [-0.05, 0) is 68.1 Å². The Balaban J connectivity index is 1.97. The van der Waals surface area contributed by atoms with Crippen LogP contribution < -0.4 is 10.5 Å². The maximum Gasteiger partial charge on any atom is 0.128 e. The van der Waals surface area contributed by atoms with Crippen LogP contribution in [-0.4, -0.2) is 29.6 Å². The van der Waals surface area contributed by atoms with Gasteiger partial charge in [0, 0.05) is 18.2 Å². The summed E-state index contributed by atoms with van der Waals surface area (Å²) in [6, 6.07) is 10.8. The predicted molar refractivity (Wildman–Crippen MR) is 104 cm³/mol. The Morgan fingerprint density at radius 1 is 1.24 bits per heavy atom. The summed E-state index contributed by atoms with van der Waals surface area (Å²) in [5.74, 6) is 1.40. The highest BCUT2D eigenvalue weighted by Crippen LogP contribution is 2.33. The fourth-order valence-electron chi connectivity index (χ4n) is 3.72. The number of rotatable bonds is 5. The minimum absolute atomic E-state index is 0.531. The molecule has 2 heterocycles. The fourth-order valence-corrected chi connectivity index (χ4v) is 3.72. The van der Waals surface area contributed by atoms with Crippen LogP contribution in [0.3, 0.4) is 0 Å². The Bertz CT molecular complexity index is 729. The fraction of sp³-hybridized carbons (Fsp3) is 0.476. The van der Waals surface area contributed by atoms with E-state index in [0.717, 1.165) is 30.0 Å². The van der Waals surface area contributed by atoms with E-state index in [0.29, 0.717) is 11.9 Å². The molecular formula is C21H29N3O. The number of methoxy groups -OCH3 is 1. The van der Waals surface area contributed by atoms with Crippen LogP contribution in [0, 0.1) is 0 Å². The number of aryl methyl sites for hydroxylation is 1. The number of nitrogens with zero attached hydrogens (tertiary/aromatic N) is 2. The molecule has 1 saturated heterocycles. The third kappa shape index (κ3) is 3.96. The molecule has 0 saturated carbocycles. The summed E-state index contributed by atoms with van der Waals surface area (Å²) in [7, 11) is 1.73. The van der Waals surface area contributed by atoms with E-state index < -0.39 is 0 Å². The second kappa shape index (κ2) is 7.87. The normalized spacial score (nSPS) is 18.3. The molecule has 4 nitrogen and oxygen atoms in total. The van der Waals surface area contributed by atoms with E-state index in [9.17, 15) is 0 Å². The first kappa shape index (κ1) is 17.7. The lowest BCUT2D eigenvalue weighted by atomic mass is 9.96. The molecule has 1 atom stereocenters. The van der Waals surface area contributed by atoms with Crippen molar-refractivity contribution < 1.29 is 4.74 Å². The van der Waals surface area contributed by atoms with E-state index in [2.05, 4.69) is 35.9 Å². The molecule has 1 aliphatic heterocycles. The summed E-state index contributed by atoms with van der Waals surface area (Å²) >= 11 is 0. The van der Waals surface area contributed by atoms with Gasteiger partial charge in [-0.1, -0.05) is 19.4 Å². The van der Waals surface area contributed by atoms with Crippen molar-refractivity contribution in [3.8, 4) is 17.0 Å². The van der Waals surface area contributed by atoms with E-state index in [1.165, 1.54) is 36.9 Å². The summed E-state index contributed by atoms with van der Waals surface area (Å²) in [5.41, 5.74) is 10.5. The lowest BCUT2D eigenvalue weighted by molar-refractivity contribution is 0.152. The number of benzene rings is 1. The minimum Gasteiger partial charge on any atom is -0.496 e. The van der Waals surface area contributed by atoms with Crippen molar-refractivity contribution in [2.75, 3.05) is 19.4 Å². The molecule has 1 aromatic heterocycles. The molecule has 1 aliphatic rings. The van der Waals surface area contributed by atoms with Gasteiger partial charge in [0.25, 0.3) is 0 Å². The van der Waals surface area contributed by atoms with Gasteiger partial charge in [-0.3, -0.25) is 4.90 Å². The minimum atomic E-state index is 0.531. The summed E-state index contributed by atoms with van der Waals surface area (Å²) in [6.07, 6.45) is 4.94. The number of hydrogen-bond acceptors (Lipinski definition) is 4. The number of hydrogen-bond donors (Lipinski definition) is 1. The first-order valence-electron chi connectivity index (χ1n) is 9.29. The predicted octanol–water partition coefficient (Wildman–Crippen LogP) is 4.28. The summed E-state index contributed by atoms with van der Waals surface area (Å²) in [5, 5.41) is 0. The van der Waals surface area contributed by atoms with E-state index >= 15 is 0 Å². The molecule has 25 heavy (non-hydrogen) atoms. The Kier molecular flexibility index (Phi) is 5.59. The standard InChI is InChI=1S/C21H29N3O/c1-4-16-12-18(19-9-7-10-21(22)23-19)20(25-3)13-17(16)14-24-11-6-5-8-15(24)2/h7,9-10,12-13,15H,4-6,8,11,14H2,1-3H3,(H2,22,23). The smallest absolute Gasteiger partial charge is 0.128 e. The molecule has 0 radical (unpaired) electrons. The van der Waals surface area contributed by atoms with E-state index in [4.69, 9.17) is 10.5 Å². The molecule has 134 valence electrons. The van der Waals surface area contributed by atoms with Crippen LogP contribution in [0.1, 0.15) is 44.2 Å². The number of aromatic nitrogens is 1. The van der Waals surface area contributed by atoms with Gasteiger partial charge in [-0.2, -0.15) is 0 Å². The summed E-state index contributed by atoms with van der Waals surface area (Å²) in [6.45, 7) is 6.73. The van der Waals surface area contributed by atoms with Gasteiger partial charge in [-0.15, -0.1) is 0 Å². The van der Waals surface area contributed by atoms with Crippen LogP contribution in [0.15, 0.2) is 30.3 Å². The highest BCUT2D eigenvalue weighted by molar-refractivity contribution is 5.70. The second-order valence-corrected chi connectivity index (χ2v) is 6.94. The Morgan fingerprint density at radius 3 is 2.76 bits per heavy atom. The molecule has 2 aromatic rings. The maximum atomic E-state index is 5.87. The first-order valence-corrected chi connectivity index (χ1v) is 9.29. The number of nitrogens with two attached hydrogens (primary N) is 1. The average molecular weight is 339 g/mol. The Labute approximate surface area is 151 Å². The van der Waals surface area contributed by atoms with Gasteiger partial charge in [0.1, 0.15) is 11.6 Å². The molecule has 0 spiro atoms. The number of ether oxygens (including phenoxy) is 1. The van der Waals surface area contributed by atoms with Gasteiger partial charge < -0.3 is 10.5 Å². The van der Waals surface area contributed by atoms with Crippen molar-refractivity contribution in [3.05, 3.63) is 41.5 Å². The second-order valence-electron chi connectivity index (χ2n) is 6.94. The number of nitrogen functional groups attached to an aromatic ring is 1. The number of piperidine rings is 1.